The van der Waals surface area contributed by atoms with E-state index in [1.165, 1.54) is 0 Å². The van der Waals surface area contributed by atoms with Crippen molar-refractivity contribution >= 4 is 11.5 Å². The molecule has 0 saturated heterocycles. The van der Waals surface area contributed by atoms with Crippen LogP contribution in [-0.4, -0.2) is 23.9 Å². The van der Waals surface area contributed by atoms with Gasteiger partial charge >= 0.3 is 0 Å². The molecule has 1 amide bonds. The summed E-state index contributed by atoms with van der Waals surface area (Å²) in [5.41, 5.74) is 3.14. The van der Waals surface area contributed by atoms with Crippen molar-refractivity contribution in [1.82, 2.24) is 4.90 Å². The van der Waals surface area contributed by atoms with Gasteiger partial charge in [0, 0.05) is 19.2 Å². The number of hydrogen-bond acceptors (Lipinski definition) is 1. The molecule has 2 aromatic rings. The predicted octanol–water partition coefficient (Wildman–Crippen LogP) is 5.55. The fourth-order valence-electron chi connectivity index (χ4n) is 2.81. The molecule has 0 aliphatic carbocycles. The van der Waals surface area contributed by atoms with Crippen molar-refractivity contribution in [1.29, 1.82) is 0 Å². The van der Waals surface area contributed by atoms with Crippen LogP contribution in [0.15, 0.2) is 66.7 Å². The summed E-state index contributed by atoms with van der Waals surface area (Å²) in [5, 5.41) is 0. The number of unbranched alkanes of at least 4 members (excludes halogenated alkanes) is 2. The number of nitrogens with zero attached hydrogens (tertiary/aromatic N) is 1. The minimum Gasteiger partial charge on any atom is -0.339 e. The fraction of sp³-hybridized carbons (Fsp3) is 0.348. The van der Waals surface area contributed by atoms with Crippen molar-refractivity contribution in [3.05, 3.63) is 77.9 Å². The number of benzene rings is 2. The highest BCUT2D eigenvalue weighted by Gasteiger charge is 2.13. The molecule has 0 fully saturated rings. The van der Waals surface area contributed by atoms with Gasteiger partial charge in [0.05, 0.1) is 0 Å². The zero-order valence-corrected chi connectivity index (χ0v) is 15.4. The summed E-state index contributed by atoms with van der Waals surface area (Å²) in [5.74, 6) is 0.115. The average molecular weight is 335 g/mol. The number of amides is 1. The maximum Gasteiger partial charge on any atom is 0.247 e. The smallest absolute Gasteiger partial charge is 0.247 e. The van der Waals surface area contributed by atoms with Crippen LogP contribution < -0.4 is 0 Å². The molecule has 25 heavy (non-hydrogen) atoms. The highest BCUT2D eigenvalue weighted by Crippen LogP contribution is 2.23. The van der Waals surface area contributed by atoms with Gasteiger partial charge in [-0.1, -0.05) is 87.4 Å². The van der Waals surface area contributed by atoms with Crippen LogP contribution in [0.1, 0.15) is 50.7 Å². The summed E-state index contributed by atoms with van der Waals surface area (Å²) in [6, 6.07) is 20.3. The molecule has 132 valence electrons. The Labute approximate surface area is 152 Å². The van der Waals surface area contributed by atoms with Crippen molar-refractivity contribution in [2.45, 2.75) is 39.5 Å². The largest absolute Gasteiger partial charge is 0.339 e. The fourth-order valence-corrected chi connectivity index (χ4v) is 2.81. The third kappa shape index (κ3) is 5.90. The lowest BCUT2D eigenvalue weighted by Crippen LogP contribution is -2.31. The van der Waals surface area contributed by atoms with Gasteiger partial charge in [0.15, 0.2) is 0 Å². The van der Waals surface area contributed by atoms with Crippen LogP contribution in [-0.2, 0) is 4.79 Å². The molecule has 0 aliphatic heterocycles. The molecule has 2 heteroatoms. The molecular formula is C23H29NO. The Morgan fingerprint density at radius 2 is 1.24 bits per heavy atom. The van der Waals surface area contributed by atoms with Crippen LogP contribution in [0, 0.1) is 0 Å². The maximum atomic E-state index is 13.0. The molecule has 2 nitrogen and oxygen atoms in total. The van der Waals surface area contributed by atoms with Crippen molar-refractivity contribution in [3.8, 4) is 0 Å². The first-order valence-electron chi connectivity index (χ1n) is 9.37. The first-order valence-corrected chi connectivity index (χ1v) is 9.37. The second-order valence-electron chi connectivity index (χ2n) is 6.32. The van der Waals surface area contributed by atoms with E-state index >= 15 is 0 Å². The normalized spacial score (nSPS) is 10.3. The van der Waals surface area contributed by atoms with Crippen molar-refractivity contribution in [3.63, 3.8) is 0 Å². The van der Waals surface area contributed by atoms with Gasteiger partial charge in [-0.05, 0) is 29.5 Å². The minimum absolute atomic E-state index is 0.115. The lowest BCUT2D eigenvalue weighted by Gasteiger charge is -2.21. The number of rotatable bonds is 9. The summed E-state index contributed by atoms with van der Waals surface area (Å²) < 4.78 is 0. The van der Waals surface area contributed by atoms with Crippen LogP contribution in [0.3, 0.4) is 0 Å². The van der Waals surface area contributed by atoms with E-state index in [1.54, 1.807) is 0 Å². The van der Waals surface area contributed by atoms with Crippen molar-refractivity contribution in [2.24, 2.45) is 0 Å². The van der Waals surface area contributed by atoms with Gasteiger partial charge in [0.25, 0.3) is 0 Å². The minimum atomic E-state index is 0.115. The van der Waals surface area contributed by atoms with E-state index in [-0.39, 0.29) is 5.91 Å². The van der Waals surface area contributed by atoms with Crippen LogP contribution in [0.2, 0.25) is 0 Å². The molecule has 0 radical (unpaired) electrons. The number of hydrogen-bond donors (Lipinski definition) is 0. The van der Waals surface area contributed by atoms with Crippen LogP contribution in [0.25, 0.3) is 5.57 Å². The molecule has 0 atom stereocenters. The van der Waals surface area contributed by atoms with Gasteiger partial charge in [0.1, 0.15) is 0 Å². The molecule has 2 rings (SSSR count). The SMILES string of the molecule is CCCCN(CCCC)C(=O)C=C(c1ccccc1)c1ccccc1. The highest BCUT2D eigenvalue weighted by atomic mass is 16.2. The van der Waals surface area contributed by atoms with Gasteiger partial charge in [-0.3, -0.25) is 4.79 Å². The Morgan fingerprint density at radius 3 is 1.64 bits per heavy atom. The molecule has 0 aromatic heterocycles. The summed E-state index contributed by atoms with van der Waals surface area (Å²) >= 11 is 0. The number of carbonyl (C=O) groups excluding carboxylic acids is 1. The molecule has 2 aromatic carbocycles. The molecule has 0 heterocycles. The maximum absolute atomic E-state index is 13.0. The van der Waals surface area contributed by atoms with Crippen molar-refractivity contribution in [2.75, 3.05) is 13.1 Å². The topological polar surface area (TPSA) is 20.3 Å². The third-order valence-electron chi connectivity index (χ3n) is 4.31. The highest BCUT2D eigenvalue weighted by molar-refractivity contribution is 5.99. The molecule has 0 bridgehead atoms. The van der Waals surface area contributed by atoms with E-state index < -0.39 is 0 Å². The zero-order chi connectivity index (χ0) is 17.9. The molecule has 0 saturated carbocycles. The van der Waals surface area contributed by atoms with Crippen molar-refractivity contribution < 1.29 is 4.79 Å². The Kier molecular flexibility index (Phi) is 7.97. The van der Waals surface area contributed by atoms with E-state index in [1.807, 2.05) is 47.4 Å². The predicted molar refractivity (Wildman–Crippen MR) is 106 cm³/mol. The van der Waals surface area contributed by atoms with Gasteiger partial charge in [0.2, 0.25) is 5.91 Å². The van der Waals surface area contributed by atoms with E-state index in [4.69, 9.17) is 0 Å². The lowest BCUT2D eigenvalue weighted by atomic mass is 9.97. The molecule has 0 spiro atoms. The van der Waals surface area contributed by atoms with Gasteiger partial charge in [-0.25, -0.2) is 0 Å². The lowest BCUT2D eigenvalue weighted by molar-refractivity contribution is -0.126. The van der Waals surface area contributed by atoms with E-state index in [0.717, 1.165) is 55.5 Å². The van der Waals surface area contributed by atoms with Crippen LogP contribution in [0.4, 0.5) is 0 Å². The molecule has 0 N–H and O–H groups in total. The first kappa shape index (κ1) is 19.0. The van der Waals surface area contributed by atoms with E-state index in [0.29, 0.717) is 0 Å². The monoisotopic (exact) mass is 335 g/mol. The van der Waals surface area contributed by atoms with Gasteiger partial charge < -0.3 is 4.90 Å². The summed E-state index contributed by atoms with van der Waals surface area (Å²) in [6.45, 7) is 6.00. The Morgan fingerprint density at radius 1 is 0.800 bits per heavy atom. The second-order valence-corrected chi connectivity index (χ2v) is 6.32. The molecule has 0 unspecified atom stereocenters. The van der Waals surface area contributed by atoms with E-state index in [9.17, 15) is 4.79 Å². The Hall–Kier alpha value is -2.35. The molecule has 0 aliphatic rings. The van der Waals surface area contributed by atoms with Gasteiger partial charge in [-0.15, -0.1) is 0 Å². The summed E-state index contributed by atoms with van der Waals surface area (Å²) in [6.07, 6.45) is 6.12. The number of carbonyl (C=O) groups is 1. The van der Waals surface area contributed by atoms with Gasteiger partial charge in [-0.2, -0.15) is 0 Å². The zero-order valence-electron chi connectivity index (χ0n) is 15.4. The average Bonchev–Trinajstić information content (AvgIpc) is 2.67. The molecular weight excluding hydrogens is 306 g/mol. The summed E-state index contributed by atoms with van der Waals surface area (Å²) in [7, 11) is 0. The summed E-state index contributed by atoms with van der Waals surface area (Å²) in [4.78, 5) is 15.0. The standard InChI is InChI=1S/C23H29NO/c1-3-5-17-24(18-6-4-2)23(25)19-22(20-13-9-7-10-14-20)21-15-11-8-12-16-21/h7-16,19H,3-6,17-18H2,1-2H3. The Balaban J connectivity index is 2.33. The Bertz CT molecular complexity index is 612. The quantitative estimate of drug-likeness (QED) is 0.550. The first-order chi connectivity index (χ1) is 12.3. The van der Waals surface area contributed by atoms with Crippen LogP contribution in [0.5, 0.6) is 0 Å². The third-order valence-corrected chi connectivity index (χ3v) is 4.31. The van der Waals surface area contributed by atoms with Crippen LogP contribution >= 0.6 is 0 Å². The second kappa shape index (κ2) is 10.5. The van der Waals surface area contributed by atoms with E-state index in [2.05, 4.69) is 38.1 Å².